The smallest absolute Gasteiger partial charge is 0.257 e. The normalized spacial score (nSPS) is 15.8. The summed E-state index contributed by atoms with van der Waals surface area (Å²) in [5, 5.41) is 2.94. The zero-order chi connectivity index (χ0) is 22.3. The van der Waals surface area contributed by atoms with E-state index in [1.165, 1.54) is 5.56 Å². The van der Waals surface area contributed by atoms with Crippen molar-refractivity contribution in [1.82, 2.24) is 14.8 Å². The van der Waals surface area contributed by atoms with Crippen LogP contribution in [0.3, 0.4) is 0 Å². The van der Waals surface area contributed by atoms with Gasteiger partial charge in [0.05, 0.1) is 5.56 Å². The van der Waals surface area contributed by atoms with Gasteiger partial charge in [-0.1, -0.05) is 42.5 Å². The molecule has 0 radical (unpaired) electrons. The van der Waals surface area contributed by atoms with Crippen LogP contribution >= 0.6 is 0 Å². The van der Waals surface area contributed by atoms with Gasteiger partial charge in [-0.15, -0.1) is 0 Å². The Morgan fingerprint density at radius 2 is 1.72 bits per heavy atom. The number of nitrogens with zero attached hydrogens (tertiary/aromatic N) is 3. The van der Waals surface area contributed by atoms with E-state index in [4.69, 9.17) is 4.74 Å². The molecular formula is C26H30N4O2. The van der Waals surface area contributed by atoms with Crippen LogP contribution in [0.4, 0.5) is 5.69 Å². The molecule has 1 atom stereocenters. The Bertz CT molecular complexity index is 998. The summed E-state index contributed by atoms with van der Waals surface area (Å²) in [6, 6.07) is 21.5. The van der Waals surface area contributed by atoms with E-state index in [1.54, 1.807) is 18.3 Å². The molecule has 0 aliphatic carbocycles. The first-order valence-corrected chi connectivity index (χ1v) is 11.1. The van der Waals surface area contributed by atoms with Crippen LogP contribution in [0.2, 0.25) is 0 Å². The lowest BCUT2D eigenvalue weighted by atomic mass is 10.1. The van der Waals surface area contributed by atoms with Crippen LogP contribution in [-0.4, -0.2) is 53.9 Å². The van der Waals surface area contributed by atoms with Gasteiger partial charge in [-0.25, -0.2) is 4.98 Å². The number of ether oxygens (including phenoxy) is 1. The van der Waals surface area contributed by atoms with Gasteiger partial charge in [-0.05, 0) is 43.3 Å². The molecule has 0 unspecified atom stereocenters. The van der Waals surface area contributed by atoms with Gasteiger partial charge in [0.2, 0.25) is 5.88 Å². The fourth-order valence-electron chi connectivity index (χ4n) is 3.72. The Kier molecular flexibility index (Phi) is 7.14. The van der Waals surface area contributed by atoms with E-state index in [0.29, 0.717) is 11.4 Å². The van der Waals surface area contributed by atoms with Gasteiger partial charge in [0.15, 0.2) is 0 Å². The molecule has 2 aromatic carbocycles. The summed E-state index contributed by atoms with van der Waals surface area (Å²) in [4.78, 5) is 21.7. The number of hydrogen-bond acceptors (Lipinski definition) is 5. The van der Waals surface area contributed by atoms with Gasteiger partial charge in [-0.3, -0.25) is 9.69 Å². The Hall–Kier alpha value is -3.22. The monoisotopic (exact) mass is 430 g/mol. The Morgan fingerprint density at radius 3 is 2.38 bits per heavy atom. The molecule has 6 nitrogen and oxygen atoms in total. The van der Waals surface area contributed by atoms with Crippen LogP contribution in [0, 0.1) is 0 Å². The van der Waals surface area contributed by atoms with Crippen molar-refractivity contribution in [3.8, 4) is 5.88 Å². The maximum Gasteiger partial charge on any atom is 0.257 e. The van der Waals surface area contributed by atoms with E-state index in [9.17, 15) is 4.79 Å². The number of amides is 1. The molecule has 2 heterocycles. The second-order valence-corrected chi connectivity index (χ2v) is 8.29. The van der Waals surface area contributed by atoms with Crippen molar-refractivity contribution in [2.45, 2.75) is 19.6 Å². The first-order valence-electron chi connectivity index (χ1n) is 11.1. The summed E-state index contributed by atoms with van der Waals surface area (Å²) < 4.78 is 5.89. The van der Waals surface area contributed by atoms with E-state index in [-0.39, 0.29) is 12.0 Å². The van der Waals surface area contributed by atoms with E-state index in [0.717, 1.165) is 44.0 Å². The fourth-order valence-corrected chi connectivity index (χ4v) is 3.72. The van der Waals surface area contributed by atoms with E-state index >= 15 is 0 Å². The minimum absolute atomic E-state index is 0.118. The van der Waals surface area contributed by atoms with Crippen LogP contribution in [0.1, 0.15) is 34.5 Å². The van der Waals surface area contributed by atoms with Gasteiger partial charge < -0.3 is 15.0 Å². The van der Waals surface area contributed by atoms with Crippen molar-refractivity contribution in [3.05, 3.63) is 89.6 Å². The number of benzene rings is 2. The third-order valence-electron chi connectivity index (χ3n) is 5.78. The summed E-state index contributed by atoms with van der Waals surface area (Å²) in [6.07, 6.45) is 1.43. The van der Waals surface area contributed by atoms with Crippen molar-refractivity contribution < 1.29 is 9.53 Å². The largest absolute Gasteiger partial charge is 0.470 e. The first-order chi connectivity index (χ1) is 15.6. The highest BCUT2D eigenvalue weighted by Crippen LogP contribution is 2.20. The van der Waals surface area contributed by atoms with Crippen LogP contribution < -0.4 is 10.1 Å². The Balaban J connectivity index is 1.29. The molecule has 6 heteroatoms. The molecular weight excluding hydrogens is 400 g/mol. The number of carbonyl (C=O) groups is 1. The molecule has 0 bridgehead atoms. The SMILES string of the molecule is C[C@H](Oc1ccc(C(=O)Nc2ccc(CN3CCN(C)CC3)cc2)cn1)c1ccccc1. The Morgan fingerprint density at radius 1 is 1.00 bits per heavy atom. The number of rotatable bonds is 7. The van der Waals surface area contributed by atoms with Gasteiger partial charge in [0, 0.05) is 50.7 Å². The van der Waals surface area contributed by atoms with Crippen molar-refractivity contribution in [3.63, 3.8) is 0 Å². The standard InChI is InChI=1S/C26H30N4O2/c1-20(22-6-4-3-5-7-22)32-25-13-10-23(18-27-25)26(31)28-24-11-8-21(9-12-24)19-30-16-14-29(2)15-17-30/h3-13,18,20H,14-17,19H2,1-2H3,(H,28,31)/t20-/m0/s1. The number of likely N-dealkylation sites (N-methyl/N-ethyl adjacent to an activating group) is 1. The fraction of sp³-hybridized carbons (Fsp3) is 0.308. The van der Waals surface area contributed by atoms with Crippen molar-refractivity contribution in [2.75, 3.05) is 38.5 Å². The van der Waals surface area contributed by atoms with Gasteiger partial charge in [0.25, 0.3) is 5.91 Å². The van der Waals surface area contributed by atoms with Crippen LogP contribution in [-0.2, 0) is 6.54 Å². The molecule has 4 rings (SSSR count). The van der Waals surface area contributed by atoms with E-state index in [1.807, 2.05) is 49.4 Å². The highest BCUT2D eigenvalue weighted by Gasteiger charge is 2.14. The molecule has 3 aromatic rings. The predicted octanol–water partition coefficient (Wildman–Crippen LogP) is 4.22. The zero-order valence-corrected chi connectivity index (χ0v) is 18.7. The molecule has 166 valence electrons. The summed E-state index contributed by atoms with van der Waals surface area (Å²) in [6.45, 7) is 7.31. The number of anilines is 1. The number of pyridine rings is 1. The number of hydrogen-bond donors (Lipinski definition) is 1. The second-order valence-electron chi connectivity index (χ2n) is 8.29. The summed E-state index contributed by atoms with van der Waals surface area (Å²) in [5.74, 6) is 0.304. The summed E-state index contributed by atoms with van der Waals surface area (Å²) >= 11 is 0. The highest BCUT2D eigenvalue weighted by atomic mass is 16.5. The number of aromatic nitrogens is 1. The molecule has 1 aromatic heterocycles. The first kappa shape index (κ1) is 22.0. The van der Waals surface area contributed by atoms with Crippen LogP contribution in [0.25, 0.3) is 0 Å². The average molecular weight is 431 g/mol. The second kappa shape index (κ2) is 10.4. The maximum absolute atomic E-state index is 12.6. The topological polar surface area (TPSA) is 57.7 Å². The number of nitrogens with one attached hydrogen (secondary N) is 1. The molecule has 0 saturated carbocycles. The van der Waals surface area contributed by atoms with Gasteiger partial charge in [-0.2, -0.15) is 0 Å². The highest BCUT2D eigenvalue weighted by molar-refractivity contribution is 6.04. The van der Waals surface area contributed by atoms with E-state index in [2.05, 4.69) is 39.3 Å². The number of carbonyl (C=O) groups excluding carboxylic acids is 1. The van der Waals surface area contributed by atoms with Crippen molar-refractivity contribution in [1.29, 1.82) is 0 Å². The van der Waals surface area contributed by atoms with Crippen molar-refractivity contribution in [2.24, 2.45) is 0 Å². The lowest BCUT2D eigenvalue weighted by Gasteiger charge is -2.32. The number of piperazine rings is 1. The van der Waals surface area contributed by atoms with Gasteiger partial charge >= 0.3 is 0 Å². The molecule has 1 fully saturated rings. The third-order valence-corrected chi connectivity index (χ3v) is 5.78. The summed E-state index contributed by atoms with van der Waals surface area (Å²) in [7, 11) is 2.16. The van der Waals surface area contributed by atoms with Crippen LogP contribution in [0.5, 0.6) is 5.88 Å². The minimum Gasteiger partial charge on any atom is -0.470 e. The molecule has 1 N–H and O–H groups in total. The molecule has 1 aliphatic heterocycles. The average Bonchev–Trinajstić information content (AvgIpc) is 2.83. The molecule has 1 aliphatic rings. The van der Waals surface area contributed by atoms with Gasteiger partial charge in [0.1, 0.15) is 6.10 Å². The molecule has 1 amide bonds. The lowest BCUT2D eigenvalue weighted by Crippen LogP contribution is -2.43. The van der Waals surface area contributed by atoms with Crippen LogP contribution in [0.15, 0.2) is 72.9 Å². The molecule has 1 saturated heterocycles. The third kappa shape index (κ3) is 5.93. The minimum atomic E-state index is -0.188. The maximum atomic E-state index is 12.6. The quantitative estimate of drug-likeness (QED) is 0.608. The zero-order valence-electron chi connectivity index (χ0n) is 18.7. The Labute approximate surface area is 189 Å². The molecule has 0 spiro atoms. The molecule has 32 heavy (non-hydrogen) atoms. The van der Waals surface area contributed by atoms with E-state index < -0.39 is 0 Å². The predicted molar refractivity (Wildman–Crippen MR) is 127 cm³/mol. The summed E-state index contributed by atoms with van der Waals surface area (Å²) in [5.41, 5.74) is 3.59. The lowest BCUT2D eigenvalue weighted by molar-refractivity contribution is 0.102. The van der Waals surface area contributed by atoms with Crippen molar-refractivity contribution >= 4 is 11.6 Å².